The zero-order valence-electron chi connectivity index (χ0n) is 8.66. The Morgan fingerprint density at radius 1 is 1.47 bits per heavy atom. The Bertz CT molecular complexity index is 415. The minimum atomic E-state index is -0.712. The molecule has 0 saturated heterocycles. The summed E-state index contributed by atoms with van der Waals surface area (Å²) in [5.74, 6) is 0.192. The van der Waals surface area contributed by atoms with Gasteiger partial charge in [0.2, 0.25) is 0 Å². The van der Waals surface area contributed by atoms with Crippen LogP contribution in [0, 0.1) is 5.92 Å². The van der Waals surface area contributed by atoms with Gasteiger partial charge in [-0.1, -0.05) is 31.5 Å². The summed E-state index contributed by atoms with van der Waals surface area (Å²) in [6.45, 7) is 3.98. The Morgan fingerprint density at radius 3 is 2.87 bits per heavy atom. The van der Waals surface area contributed by atoms with Crippen LogP contribution in [0.1, 0.15) is 13.8 Å². The van der Waals surface area contributed by atoms with Crippen LogP contribution in [0.4, 0.5) is 11.4 Å². The lowest BCUT2D eigenvalue weighted by Crippen LogP contribution is -2.34. The lowest BCUT2D eigenvalue weighted by Gasteiger charge is -2.25. The number of halogens is 1. The van der Waals surface area contributed by atoms with Gasteiger partial charge < -0.3 is 10.4 Å². The minimum Gasteiger partial charge on any atom is -0.368 e. The second-order valence-corrected chi connectivity index (χ2v) is 4.28. The number of rotatable bonds is 1. The number of aliphatic imine (C=N–C) groups is 1. The third-order valence-corrected chi connectivity index (χ3v) is 2.70. The highest BCUT2D eigenvalue weighted by Crippen LogP contribution is 2.36. The van der Waals surface area contributed by atoms with Crippen molar-refractivity contribution in [1.82, 2.24) is 0 Å². The molecule has 1 aromatic carbocycles. The molecule has 0 radical (unpaired) electrons. The van der Waals surface area contributed by atoms with Crippen LogP contribution in [-0.4, -0.2) is 17.0 Å². The molecule has 80 valence electrons. The smallest absolute Gasteiger partial charge is 0.164 e. The third-order valence-electron chi connectivity index (χ3n) is 2.39. The normalized spacial score (nSPS) is 19.5. The summed E-state index contributed by atoms with van der Waals surface area (Å²) in [4.78, 5) is 4.40. The largest absolute Gasteiger partial charge is 0.368 e. The average molecular weight is 225 g/mol. The Kier molecular flexibility index (Phi) is 2.67. The maximum Gasteiger partial charge on any atom is 0.164 e. The summed E-state index contributed by atoms with van der Waals surface area (Å²) >= 11 is 6.03. The lowest BCUT2D eigenvalue weighted by atomic mass is 10.0. The number of benzene rings is 1. The summed E-state index contributed by atoms with van der Waals surface area (Å²) in [6.07, 6.45) is -0.712. The van der Waals surface area contributed by atoms with Crippen molar-refractivity contribution >= 4 is 28.7 Å². The van der Waals surface area contributed by atoms with E-state index in [1.807, 2.05) is 26.0 Å². The number of nitrogens with zero attached hydrogens (tertiary/aromatic N) is 1. The van der Waals surface area contributed by atoms with Crippen LogP contribution in [-0.2, 0) is 0 Å². The van der Waals surface area contributed by atoms with Gasteiger partial charge in [-0.25, -0.2) is 4.99 Å². The first kappa shape index (κ1) is 10.5. The number of aliphatic hydroxyl groups is 1. The Balaban J connectivity index is 2.52. The number of aliphatic hydroxyl groups excluding tert-OH is 1. The summed E-state index contributed by atoms with van der Waals surface area (Å²) in [6, 6.07) is 5.48. The van der Waals surface area contributed by atoms with E-state index in [0.717, 1.165) is 11.4 Å². The molecular formula is C11H13ClN2O. The van der Waals surface area contributed by atoms with Crippen molar-refractivity contribution in [2.75, 3.05) is 5.32 Å². The summed E-state index contributed by atoms with van der Waals surface area (Å²) in [7, 11) is 0. The molecule has 0 aliphatic carbocycles. The van der Waals surface area contributed by atoms with Crippen LogP contribution in [0.3, 0.4) is 0 Å². The SMILES string of the molecule is CC(C)C1=Nc2c(Cl)cccc2NC1O. The molecule has 2 rings (SSSR count). The van der Waals surface area contributed by atoms with Gasteiger partial charge in [0.25, 0.3) is 0 Å². The monoisotopic (exact) mass is 224 g/mol. The molecule has 1 unspecified atom stereocenters. The van der Waals surface area contributed by atoms with Gasteiger partial charge in [-0.2, -0.15) is 0 Å². The number of para-hydroxylation sites is 1. The van der Waals surface area contributed by atoms with Gasteiger partial charge in [0.1, 0.15) is 5.69 Å². The fraction of sp³-hybridized carbons (Fsp3) is 0.364. The highest BCUT2D eigenvalue weighted by atomic mass is 35.5. The predicted octanol–water partition coefficient (Wildman–Crippen LogP) is 2.81. The molecule has 15 heavy (non-hydrogen) atoms. The van der Waals surface area contributed by atoms with E-state index in [0.29, 0.717) is 10.7 Å². The fourth-order valence-corrected chi connectivity index (χ4v) is 1.82. The molecule has 1 aromatic rings. The minimum absolute atomic E-state index is 0.192. The number of fused-ring (bicyclic) bond motifs is 1. The number of hydrogen-bond donors (Lipinski definition) is 2. The van der Waals surface area contributed by atoms with Gasteiger partial charge >= 0.3 is 0 Å². The molecule has 4 heteroatoms. The van der Waals surface area contributed by atoms with Crippen molar-refractivity contribution < 1.29 is 5.11 Å². The van der Waals surface area contributed by atoms with Crippen molar-refractivity contribution in [2.45, 2.75) is 20.1 Å². The zero-order chi connectivity index (χ0) is 11.0. The quantitative estimate of drug-likeness (QED) is 0.771. The molecule has 2 N–H and O–H groups in total. The summed E-state index contributed by atoms with van der Waals surface area (Å²) in [5, 5.41) is 13.4. The molecule has 1 aliphatic heterocycles. The Labute approximate surface area is 93.8 Å². The highest BCUT2D eigenvalue weighted by molar-refractivity contribution is 6.34. The van der Waals surface area contributed by atoms with Gasteiger partial charge in [-0.3, -0.25) is 0 Å². The maximum absolute atomic E-state index is 9.79. The standard InChI is InChI=1S/C11H13ClN2O/c1-6(2)9-11(15)13-8-5-3-4-7(12)10(8)14-9/h3-6,11,13,15H,1-2H3. The third kappa shape index (κ3) is 1.85. The van der Waals surface area contributed by atoms with E-state index in [1.165, 1.54) is 0 Å². The van der Waals surface area contributed by atoms with Crippen molar-refractivity contribution in [1.29, 1.82) is 0 Å². The molecule has 0 saturated carbocycles. The van der Waals surface area contributed by atoms with E-state index in [4.69, 9.17) is 11.6 Å². The van der Waals surface area contributed by atoms with Crippen LogP contribution in [0.5, 0.6) is 0 Å². The molecule has 1 aliphatic rings. The second kappa shape index (κ2) is 3.83. The van der Waals surface area contributed by atoms with E-state index in [2.05, 4.69) is 10.3 Å². The van der Waals surface area contributed by atoms with E-state index in [9.17, 15) is 5.11 Å². The van der Waals surface area contributed by atoms with Crippen molar-refractivity contribution in [2.24, 2.45) is 10.9 Å². The first-order valence-corrected chi connectivity index (χ1v) is 5.29. The molecule has 0 amide bonds. The second-order valence-electron chi connectivity index (χ2n) is 3.87. The molecule has 0 fully saturated rings. The van der Waals surface area contributed by atoms with Crippen LogP contribution in [0.15, 0.2) is 23.2 Å². The van der Waals surface area contributed by atoms with Crippen LogP contribution < -0.4 is 5.32 Å². The predicted molar refractivity (Wildman–Crippen MR) is 63.0 cm³/mol. The van der Waals surface area contributed by atoms with Crippen LogP contribution in [0.25, 0.3) is 0 Å². The van der Waals surface area contributed by atoms with Gasteiger partial charge in [-0.15, -0.1) is 0 Å². The van der Waals surface area contributed by atoms with Gasteiger partial charge in [0, 0.05) is 0 Å². The van der Waals surface area contributed by atoms with Gasteiger partial charge in [-0.05, 0) is 18.1 Å². The molecular weight excluding hydrogens is 212 g/mol. The van der Waals surface area contributed by atoms with Crippen molar-refractivity contribution in [3.63, 3.8) is 0 Å². The first-order valence-electron chi connectivity index (χ1n) is 4.91. The number of hydrogen-bond acceptors (Lipinski definition) is 3. The number of nitrogens with one attached hydrogen (secondary N) is 1. The molecule has 0 aromatic heterocycles. The Morgan fingerprint density at radius 2 is 2.20 bits per heavy atom. The molecule has 0 bridgehead atoms. The maximum atomic E-state index is 9.79. The van der Waals surface area contributed by atoms with Crippen LogP contribution in [0.2, 0.25) is 5.02 Å². The molecule has 3 nitrogen and oxygen atoms in total. The first-order chi connectivity index (χ1) is 7.09. The number of anilines is 1. The van der Waals surface area contributed by atoms with Gasteiger partial charge in [0.05, 0.1) is 16.4 Å². The average Bonchev–Trinajstić information content (AvgIpc) is 2.16. The topological polar surface area (TPSA) is 44.6 Å². The van der Waals surface area contributed by atoms with Crippen molar-refractivity contribution in [3.8, 4) is 0 Å². The molecule has 1 atom stereocenters. The summed E-state index contributed by atoms with van der Waals surface area (Å²) in [5.41, 5.74) is 2.21. The van der Waals surface area contributed by atoms with E-state index < -0.39 is 6.23 Å². The van der Waals surface area contributed by atoms with E-state index in [1.54, 1.807) is 6.07 Å². The van der Waals surface area contributed by atoms with Crippen molar-refractivity contribution in [3.05, 3.63) is 23.2 Å². The van der Waals surface area contributed by atoms with E-state index in [-0.39, 0.29) is 5.92 Å². The fourth-order valence-electron chi connectivity index (χ4n) is 1.60. The van der Waals surface area contributed by atoms with E-state index >= 15 is 0 Å². The molecule has 0 spiro atoms. The lowest BCUT2D eigenvalue weighted by molar-refractivity contribution is 0.263. The molecule has 1 heterocycles. The van der Waals surface area contributed by atoms with Gasteiger partial charge in [0.15, 0.2) is 6.23 Å². The zero-order valence-corrected chi connectivity index (χ0v) is 9.42. The van der Waals surface area contributed by atoms with Crippen LogP contribution >= 0.6 is 11.6 Å². The highest BCUT2D eigenvalue weighted by Gasteiger charge is 2.23. The summed E-state index contributed by atoms with van der Waals surface area (Å²) < 4.78 is 0. The Hall–Kier alpha value is -1.06.